The van der Waals surface area contributed by atoms with Gasteiger partial charge in [-0.3, -0.25) is 0 Å². The van der Waals surface area contributed by atoms with E-state index in [4.69, 9.17) is 49.4 Å². The van der Waals surface area contributed by atoms with Gasteiger partial charge < -0.3 is 49.4 Å². The van der Waals surface area contributed by atoms with Crippen molar-refractivity contribution in [1.82, 2.24) is 0 Å². The highest BCUT2D eigenvalue weighted by Gasteiger charge is 2.80. The molecule has 4 bridgehead atoms. The molecule has 3 saturated heterocycles. The average molecular weight is 1150 g/mol. The van der Waals surface area contributed by atoms with Crippen LogP contribution in [0.1, 0.15) is 41.5 Å². The minimum atomic E-state index is -4.73. The Morgan fingerprint density at radius 1 is 0.233 bits per heavy atom. The van der Waals surface area contributed by atoms with Crippen molar-refractivity contribution in [3.8, 4) is 0 Å². The molecule has 0 saturated carbocycles. The standard InChI is InChI=1S/C45H50O12Si10.3C2H6/c1-58-46-61(39-25-11-4-12-26-39)49-64(42-31-17-7-18-32-42)51-62(47-59-2,40-27-13-5-14-28-40)53-66(44-35-21-9-22-36-44)54-63(48-60-3,41-29-15-6-16-30-41)52-65(50-61,43-33-19-8-20-34-43)56-67(55-64,57-66)45-37-23-10-24-38-45;3*1-2/h4-38H,58-60H2,1-3H3;3*1-2H3. The van der Waals surface area contributed by atoms with Gasteiger partial charge in [0.2, 0.25) is 0 Å². The zero-order valence-corrected chi connectivity index (χ0v) is 54.5. The minimum Gasteiger partial charge on any atom is -0.419 e. The lowest BCUT2D eigenvalue weighted by Gasteiger charge is -2.58. The van der Waals surface area contributed by atoms with Gasteiger partial charge in [0, 0.05) is 36.3 Å². The molecule has 73 heavy (non-hydrogen) atoms. The molecule has 0 radical (unpaired) electrons. The molecule has 0 aromatic heterocycles. The van der Waals surface area contributed by atoms with E-state index in [2.05, 4.69) is 19.6 Å². The van der Waals surface area contributed by atoms with Gasteiger partial charge in [-0.2, -0.15) is 0 Å². The monoisotopic (exact) mass is 1150 g/mol. The smallest absolute Gasteiger partial charge is 0.419 e. The molecule has 3 aliphatic heterocycles. The fourth-order valence-corrected chi connectivity index (χ4v) is 53.2. The maximum absolute atomic E-state index is 8.15. The van der Waals surface area contributed by atoms with Crippen LogP contribution in [0.2, 0.25) is 19.6 Å². The third kappa shape index (κ3) is 11.7. The van der Waals surface area contributed by atoms with E-state index in [9.17, 15) is 0 Å². The zero-order valence-electron chi connectivity index (χ0n) is 43.2. The van der Waals surface area contributed by atoms with E-state index in [1.54, 1.807) is 0 Å². The minimum absolute atomic E-state index is 0.592. The summed E-state index contributed by atoms with van der Waals surface area (Å²) >= 11 is 0. The van der Waals surface area contributed by atoms with Crippen LogP contribution in [0, 0.1) is 0 Å². The summed E-state index contributed by atoms with van der Waals surface area (Å²) in [5.74, 6) is 0. The van der Waals surface area contributed by atoms with Crippen LogP contribution in [0.25, 0.3) is 0 Å². The number of rotatable bonds is 13. The van der Waals surface area contributed by atoms with Crippen LogP contribution in [0.15, 0.2) is 212 Å². The molecule has 0 N–H and O–H groups in total. The molecule has 0 amide bonds. The Morgan fingerprint density at radius 3 is 0.548 bits per heavy atom. The normalized spacial score (nSPS) is 28.8. The molecular formula is C51H68O12Si10. The molecule has 7 aromatic carbocycles. The zero-order chi connectivity index (χ0) is 51.9. The largest absolute Gasteiger partial charge is 0.515 e. The molecule has 10 rings (SSSR count). The predicted molar refractivity (Wildman–Crippen MR) is 313 cm³/mol. The van der Waals surface area contributed by atoms with Gasteiger partial charge >= 0.3 is 61.6 Å². The molecule has 0 unspecified atom stereocenters. The van der Waals surface area contributed by atoms with Crippen LogP contribution in [-0.2, 0) is 49.4 Å². The molecule has 3 heterocycles. The molecule has 0 aliphatic carbocycles. The van der Waals surface area contributed by atoms with E-state index in [1.165, 1.54) is 0 Å². The van der Waals surface area contributed by atoms with Gasteiger partial charge in [0.15, 0.2) is 0 Å². The van der Waals surface area contributed by atoms with Gasteiger partial charge in [-0.25, -0.2) is 0 Å². The average Bonchev–Trinajstić information content (AvgIpc) is 3.45. The van der Waals surface area contributed by atoms with E-state index < -0.39 is 90.9 Å². The van der Waals surface area contributed by atoms with Crippen molar-refractivity contribution in [2.75, 3.05) is 0 Å². The van der Waals surface area contributed by atoms with Crippen molar-refractivity contribution in [3.05, 3.63) is 212 Å². The van der Waals surface area contributed by atoms with Crippen LogP contribution in [0.3, 0.4) is 0 Å². The number of fused-ring (bicyclic) bond motifs is 3. The third-order valence-electron chi connectivity index (χ3n) is 11.3. The highest BCUT2D eigenvalue weighted by molar-refractivity contribution is 7.10. The van der Waals surface area contributed by atoms with E-state index in [0.717, 1.165) is 0 Å². The van der Waals surface area contributed by atoms with Crippen LogP contribution >= 0.6 is 0 Å². The summed E-state index contributed by atoms with van der Waals surface area (Å²) < 4.78 is 94.7. The molecule has 7 aromatic rings. The van der Waals surface area contributed by atoms with Crippen LogP contribution < -0.4 is 36.3 Å². The first-order valence-electron chi connectivity index (χ1n) is 25.4. The van der Waals surface area contributed by atoms with Crippen molar-refractivity contribution < 1.29 is 49.4 Å². The van der Waals surface area contributed by atoms with Gasteiger partial charge in [-0.1, -0.05) is 274 Å². The Morgan fingerprint density at radius 2 is 0.384 bits per heavy atom. The number of hydrogen-bond acceptors (Lipinski definition) is 12. The molecule has 12 nitrogen and oxygen atoms in total. The van der Waals surface area contributed by atoms with Gasteiger partial charge in [0.25, 0.3) is 0 Å². The Labute approximate surface area is 447 Å². The summed E-state index contributed by atoms with van der Waals surface area (Å²) in [6.45, 7) is 18.2. The van der Waals surface area contributed by atoms with Gasteiger partial charge in [-0.15, -0.1) is 0 Å². The predicted octanol–water partition coefficient (Wildman–Crippen LogP) is 4.62. The molecule has 384 valence electrons. The number of hydrogen-bond donors (Lipinski definition) is 0. The van der Waals surface area contributed by atoms with Crippen molar-refractivity contribution in [2.45, 2.75) is 61.2 Å². The summed E-state index contributed by atoms with van der Waals surface area (Å²) in [5, 5.41) is 4.42. The lowest BCUT2D eigenvalue weighted by molar-refractivity contribution is 0.0404. The molecule has 22 heteroatoms. The second kappa shape index (κ2) is 25.8. The molecule has 3 fully saturated rings. The first-order chi connectivity index (χ1) is 35.8. The summed E-state index contributed by atoms with van der Waals surface area (Å²) in [6, 6.07) is 68.3. The first kappa shape index (κ1) is 56.9. The van der Waals surface area contributed by atoms with Crippen molar-refractivity contribution in [1.29, 1.82) is 0 Å². The Kier molecular flexibility index (Phi) is 20.2. The van der Waals surface area contributed by atoms with Gasteiger partial charge in [0.1, 0.15) is 29.3 Å². The second-order valence-electron chi connectivity index (χ2n) is 15.7. The third-order valence-corrected chi connectivity index (χ3v) is 46.0. The van der Waals surface area contributed by atoms with E-state index >= 15 is 0 Å². The van der Waals surface area contributed by atoms with Gasteiger partial charge in [0.05, 0.1) is 0 Å². The van der Waals surface area contributed by atoms with Crippen LogP contribution in [0.5, 0.6) is 0 Å². The first-order valence-corrected chi connectivity index (χ1v) is 43.4. The Hall–Kier alpha value is -3.77. The van der Waals surface area contributed by atoms with Gasteiger partial charge in [-0.05, 0) is 0 Å². The highest BCUT2D eigenvalue weighted by atomic mass is 28.6. The van der Waals surface area contributed by atoms with Crippen molar-refractivity contribution >= 4 is 127 Å². The van der Waals surface area contributed by atoms with E-state index in [1.807, 2.05) is 254 Å². The second-order valence-corrected chi connectivity index (χ2v) is 40.0. The summed E-state index contributed by atoms with van der Waals surface area (Å²) in [6.07, 6.45) is 0. The van der Waals surface area contributed by atoms with Crippen molar-refractivity contribution in [2.24, 2.45) is 0 Å². The molecular weight excluding hydrogens is 1090 g/mol. The quantitative estimate of drug-likeness (QED) is 0.151. The lowest BCUT2D eigenvalue weighted by atomic mass is 10.4. The highest BCUT2D eigenvalue weighted by Crippen LogP contribution is 2.43. The topological polar surface area (TPSA) is 111 Å². The fraction of sp³-hybridized carbons (Fsp3) is 0.176. The van der Waals surface area contributed by atoms with E-state index in [0.29, 0.717) is 36.3 Å². The molecule has 3 aliphatic rings. The fourth-order valence-electron chi connectivity index (χ4n) is 8.46. The summed E-state index contributed by atoms with van der Waals surface area (Å²) in [4.78, 5) is 0. The summed E-state index contributed by atoms with van der Waals surface area (Å²) in [7, 11) is -36.2. The molecule has 0 atom stereocenters. The number of benzene rings is 7. The Balaban J connectivity index is 0.00000126. The van der Waals surface area contributed by atoms with Crippen LogP contribution in [0.4, 0.5) is 0 Å². The maximum atomic E-state index is 8.15. The SMILES string of the molecule is CC.CC.CC.C[SiH2]O[Si]1(c2ccccc2)O[Si]2(c3ccccc3)O[Si](O[SiH2]C)(c3ccccc3)O[Si]3(c4ccccc4)O[Si](O[SiH2]C)(c4ccccc4)O[Si](c4ccccc4)(O1)O[Si](c1ccccc1)(O2)O3. The van der Waals surface area contributed by atoms with E-state index in [-0.39, 0.29) is 0 Å². The van der Waals surface area contributed by atoms with Crippen molar-refractivity contribution in [3.63, 3.8) is 0 Å². The lowest BCUT2D eigenvalue weighted by Crippen LogP contribution is -2.91. The van der Waals surface area contributed by atoms with Crippen LogP contribution in [-0.4, -0.2) is 90.9 Å². The molecule has 0 spiro atoms. The summed E-state index contributed by atoms with van der Waals surface area (Å²) in [5.41, 5.74) is 0. The maximum Gasteiger partial charge on any atom is 0.515 e. The Bertz CT molecular complexity index is 2430.